The normalized spacial score (nSPS) is 15.3. The summed E-state index contributed by atoms with van der Waals surface area (Å²) in [6.45, 7) is 4.58. The minimum Gasteiger partial charge on any atom is -0.0965 e. The second kappa shape index (κ2) is 14.4. The van der Waals surface area contributed by atoms with Crippen LogP contribution in [0.25, 0.3) is 0 Å². The summed E-state index contributed by atoms with van der Waals surface area (Å²) >= 11 is 0. The topological polar surface area (TPSA) is 24.7 Å². The van der Waals surface area contributed by atoms with Crippen molar-refractivity contribution in [3.8, 4) is 0 Å². The predicted molar refractivity (Wildman–Crippen MR) is 124 cm³/mol. The molecule has 0 radical (unpaired) electrons. The lowest BCUT2D eigenvalue weighted by molar-refractivity contribution is 0.284. The Labute approximate surface area is 174 Å². The monoisotopic (exact) mass is 381 g/mol. The van der Waals surface area contributed by atoms with Gasteiger partial charge in [0.2, 0.25) is 6.17 Å². The van der Waals surface area contributed by atoms with Crippen molar-refractivity contribution in [3.05, 3.63) is 42.1 Å². The summed E-state index contributed by atoms with van der Waals surface area (Å²) in [6.07, 6.45) is 22.0. The van der Waals surface area contributed by atoms with E-state index in [9.17, 15) is 0 Å². The van der Waals surface area contributed by atoms with Gasteiger partial charge in [-0.25, -0.2) is 0 Å². The highest BCUT2D eigenvalue weighted by molar-refractivity contribution is 6.18. The Balaban J connectivity index is 1.99. The SMILES string of the molecule is CCCCCCCC(Cc1ccccc1)C(CCCCCCC)[C+]1N=CC=N1. The zero-order chi connectivity index (χ0) is 19.9. The molecule has 0 bridgehead atoms. The van der Waals surface area contributed by atoms with Crippen molar-refractivity contribution in [2.45, 2.75) is 97.3 Å². The summed E-state index contributed by atoms with van der Waals surface area (Å²) in [4.78, 5) is 9.28. The molecule has 2 atom stereocenters. The largest absolute Gasteiger partial charge is 0.244 e. The molecular weight excluding hydrogens is 340 g/mol. The van der Waals surface area contributed by atoms with E-state index in [1.165, 1.54) is 82.6 Å². The van der Waals surface area contributed by atoms with E-state index >= 15 is 0 Å². The molecule has 0 amide bonds. The van der Waals surface area contributed by atoms with Crippen LogP contribution in [0.2, 0.25) is 0 Å². The third kappa shape index (κ3) is 8.63. The van der Waals surface area contributed by atoms with Gasteiger partial charge in [0.1, 0.15) is 0 Å². The van der Waals surface area contributed by atoms with Crippen molar-refractivity contribution in [3.63, 3.8) is 0 Å². The van der Waals surface area contributed by atoms with Crippen molar-refractivity contribution in [1.82, 2.24) is 0 Å². The average Bonchev–Trinajstić information content (AvgIpc) is 3.25. The highest BCUT2D eigenvalue weighted by Crippen LogP contribution is 2.36. The molecule has 0 spiro atoms. The summed E-state index contributed by atoms with van der Waals surface area (Å²) < 4.78 is 0. The van der Waals surface area contributed by atoms with Gasteiger partial charge in [0.05, 0.1) is 5.92 Å². The molecule has 0 N–H and O–H groups in total. The van der Waals surface area contributed by atoms with Crippen LogP contribution in [0, 0.1) is 18.0 Å². The summed E-state index contributed by atoms with van der Waals surface area (Å²) in [7, 11) is 0. The first kappa shape index (κ1) is 22.7. The second-order valence-electron chi connectivity index (χ2n) is 8.38. The Morgan fingerprint density at radius 3 is 1.89 bits per heavy atom. The number of benzene rings is 1. The summed E-state index contributed by atoms with van der Waals surface area (Å²) in [5.41, 5.74) is 1.46. The van der Waals surface area contributed by atoms with Crippen LogP contribution in [0.15, 0.2) is 40.3 Å². The van der Waals surface area contributed by atoms with Crippen LogP contribution in [0.5, 0.6) is 0 Å². The van der Waals surface area contributed by atoms with Gasteiger partial charge in [-0.2, -0.15) is 0 Å². The van der Waals surface area contributed by atoms with E-state index in [-0.39, 0.29) is 0 Å². The van der Waals surface area contributed by atoms with Crippen LogP contribution in [0.1, 0.15) is 96.5 Å². The van der Waals surface area contributed by atoms with Crippen molar-refractivity contribution in [2.75, 3.05) is 0 Å². The van der Waals surface area contributed by atoms with Crippen molar-refractivity contribution < 1.29 is 0 Å². The van der Waals surface area contributed by atoms with Gasteiger partial charge in [-0.15, -0.1) is 0 Å². The fourth-order valence-corrected chi connectivity index (χ4v) is 4.36. The first-order valence-corrected chi connectivity index (χ1v) is 11.8. The van der Waals surface area contributed by atoms with Crippen LogP contribution >= 0.6 is 0 Å². The summed E-state index contributed by atoms with van der Waals surface area (Å²) in [6, 6.07) is 11.0. The number of aliphatic imine (C=N–C) groups is 2. The number of unbranched alkanes of at least 4 members (excludes halogenated alkanes) is 8. The molecule has 28 heavy (non-hydrogen) atoms. The van der Waals surface area contributed by atoms with Gasteiger partial charge in [-0.1, -0.05) is 118 Å². The van der Waals surface area contributed by atoms with Gasteiger partial charge in [-0.3, -0.25) is 0 Å². The van der Waals surface area contributed by atoms with E-state index in [4.69, 9.17) is 0 Å². The molecule has 1 aromatic rings. The molecule has 1 aromatic carbocycles. The van der Waals surface area contributed by atoms with E-state index < -0.39 is 0 Å². The standard InChI is InChI=1S/C26H41N2/c1-3-5-7-9-14-18-24(22-23-16-12-11-13-17-23)25(26-27-20-21-28-26)19-15-10-8-6-4-2/h11-13,16-17,20-21,24-25H,3-10,14-15,18-19,22H2,1-2H3/q+1. The Bertz CT molecular complexity index is 537. The molecule has 2 heteroatoms. The molecule has 0 aromatic heterocycles. The van der Waals surface area contributed by atoms with Gasteiger partial charge in [0.25, 0.3) is 0 Å². The molecule has 2 unspecified atom stereocenters. The van der Waals surface area contributed by atoms with Gasteiger partial charge < -0.3 is 0 Å². The minimum atomic E-state index is 0.503. The van der Waals surface area contributed by atoms with Crippen molar-refractivity contribution in [2.24, 2.45) is 21.8 Å². The molecule has 0 fully saturated rings. The highest BCUT2D eigenvalue weighted by Gasteiger charge is 2.35. The Morgan fingerprint density at radius 2 is 1.29 bits per heavy atom. The second-order valence-corrected chi connectivity index (χ2v) is 8.38. The van der Waals surface area contributed by atoms with E-state index in [1.807, 2.05) is 12.4 Å². The summed E-state index contributed by atoms with van der Waals surface area (Å²) in [5, 5.41) is 0. The smallest absolute Gasteiger partial charge is 0.0965 e. The molecule has 1 aliphatic rings. The van der Waals surface area contributed by atoms with Gasteiger partial charge in [0.15, 0.2) is 12.4 Å². The van der Waals surface area contributed by atoms with Crippen molar-refractivity contribution in [1.29, 1.82) is 0 Å². The van der Waals surface area contributed by atoms with Crippen LogP contribution < -0.4 is 0 Å². The zero-order valence-corrected chi connectivity index (χ0v) is 18.3. The minimum absolute atomic E-state index is 0.503. The number of hydrogen-bond donors (Lipinski definition) is 0. The molecule has 0 saturated heterocycles. The number of hydrogen-bond acceptors (Lipinski definition) is 2. The van der Waals surface area contributed by atoms with Gasteiger partial charge in [0, 0.05) is 0 Å². The Hall–Kier alpha value is -1.57. The van der Waals surface area contributed by atoms with Crippen LogP contribution in [0.4, 0.5) is 0 Å². The molecule has 2 nitrogen and oxygen atoms in total. The maximum Gasteiger partial charge on any atom is 0.244 e. The quantitative estimate of drug-likeness (QED) is 0.206. The molecule has 154 valence electrons. The van der Waals surface area contributed by atoms with Gasteiger partial charge >= 0.3 is 0 Å². The molecule has 2 rings (SSSR count). The molecule has 1 aliphatic heterocycles. The lowest BCUT2D eigenvalue weighted by Crippen LogP contribution is -2.22. The maximum absolute atomic E-state index is 4.64. The Morgan fingerprint density at radius 1 is 0.714 bits per heavy atom. The summed E-state index contributed by atoms with van der Waals surface area (Å²) in [5.74, 6) is 1.15. The first-order chi connectivity index (χ1) is 13.8. The third-order valence-electron chi connectivity index (χ3n) is 6.02. The lowest BCUT2D eigenvalue weighted by atomic mass is 9.78. The predicted octanol–water partition coefficient (Wildman–Crippen LogP) is 7.83. The average molecular weight is 382 g/mol. The van der Waals surface area contributed by atoms with E-state index in [2.05, 4.69) is 54.2 Å². The fraction of sp³-hybridized carbons (Fsp3) is 0.654. The first-order valence-electron chi connectivity index (χ1n) is 11.8. The van der Waals surface area contributed by atoms with Crippen molar-refractivity contribution >= 4 is 12.4 Å². The van der Waals surface area contributed by atoms with Crippen LogP contribution in [0.3, 0.4) is 0 Å². The van der Waals surface area contributed by atoms with Gasteiger partial charge in [-0.05, 0) is 30.7 Å². The number of nitrogens with zero attached hydrogens (tertiary/aromatic N) is 2. The zero-order valence-electron chi connectivity index (χ0n) is 18.3. The highest BCUT2D eigenvalue weighted by atomic mass is 15.0. The van der Waals surface area contributed by atoms with Crippen LogP contribution in [-0.2, 0) is 6.42 Å². The molecule has 1 heterocycles. The fourth-order valence-electron chi connectivity index (χ4n) is 4.36. The number of rotatable bonds is 16. The molecule has 0 aliphatic carbocycles. The molecular formula is C26H41N2+. The van der Waals surface area contributed by atoms with E-state index in [1.54, 1.807) is 0 Å². The van der Waals surface area contributed by atoms with Crippen LogP contribution in [-0.4, -0.2) is 12.4 Å². The van der Waals surface area contributed by atoms with E-state index in [0.717, 1.165) is 12.6 Å². The Kier molecular flexibility index (Phi) is 11.7. The maximum atomic E-state index is 4.64. The molecule has 0 saturated carbocycles. The van der Waals surface area contributed by atoms with E-state index in [0.29, 0.717) is 11.8 Å². The lowest BCUT2D eigenvalue weighted by Gasteiger charge is -2.26. The third-order valence-corrected chi connectivity index (χ3v) is 6.02.